The Morgan fingerprint density at radius 3 is 2.72 bits per heavy atom. The van der Waals surface area contributed by atoms with Crippen LogP contribution in [0.4, 0.5) is 8.78 Å². The number of amides is 1. The summed E-state index contributed by atoms with van der Waals surface area (Å²) < 4.78 is 25.9. The van der Waals surface area contributed by atoms with Crippen LogP contribution in [0.25, 0.3) is 0 Å². The zero-order chi connectivity index (χ0) is 13.3. The van der Waals surface area contributed by atoms with Gasteiger partial charge in [-0.05, 0) is 31.5 Å². The number of halogens is 2. The number of carbonyl (C=O) groups excluding carboxylic acids is 1. The number of nitrogens with one attached hydrogen (secondary N) is 1. The molecule has 1 fully saturated rings. The second-order valence-corrected chi connectivity index (χ2v) is 5.03. The molecular weight excluding hydrogens is 238 g/mol. The Morgan fingerprint density at radius 1 is 1.33 bits per heavy atom. The van der Waals surface area contributed by atoms with E-state index in [1.54, 1.807) is 4.90 Å². The molecule has 2 rings (SSSR count). The van der Waals surface area contributed by atoms with Crippen LogP contribution in [0.3, 0.4) is 0 Å². The van der Waals surface area contributed by atoms with Gasteiger partial charge in [0.1, 0.15) is 0 Å². The van der Waals surface area contributed by atoms with Gasteiger partial charge in [0.15, 0.2) is 11.6 Å². The number of carbonyl (C=O) groups is 1. The minimum absolute atomic E-state index is 0.0292. The molecular formula is C13H16F2N2O. The quantitative estimate of drug-likeness (QED) is 0.870. The summed E-state index contributed by atoms with van der Waals surface area (Å²) >= 11 is 0. The van der Waals surface area contributed by atoms with E-state index in [2.05, 4.69) is 5.32 Å². The third kappa shape index (κ3) is 2.51. The molecule has 5 heteroatoms. The van der Waals surface area contributed by atoms with E-state index in [1.807, 2.05) is 13.8 Å². The lowest BCUT2D eigenvalue weighted by Gasteiger charge is -2.38. The molecule has 0 bridgehead atoms. The van der Waals surface area contributed by atoms with Gasteiger partial charge >= 0.3 is 0 Å². The lowest BCUT2D eigenvalue weighted by molar-refractivity contribution is -0.140. The Morgan fingerprint density at radius 2 is 2.06 bits per heavy atom. The highest BCUT2D eigenvalue weighted by atomic mass is 19.2. The summed E-state index contributed by atoms with van der Waals surface area (Å²) in [4.78, 5) is 13.8. The molecule has 1 aliphatic heterocycles. The summed E-state index contributed by atoms with van der Waals surface area (Å²) in [5.74, 6) is -1.78. The van der Waals surface area contributed by atoms with Crippen molar-refractivity contribution in [3.8, 4) is 0 Å². The summed E-state index contributed by atoms with van der Waals surface area (Å²) in [6.07, 6.45) is 0. The molecule has 0 unspecified atom stereocenters. The maximum absolute atomic E-state index is 13.1. The van der Waals surface area contributed by atoms with Crippen LogP contribution in [-0.2, 0) is 11.3 Å². The SMILES string of the molecule is CC1(C)NCCN(Cc2ccc(F)c(F)c2)C1=O. The van der Waals surface area contributed by atoms with Gasteiger partial charge in [-0.25, -0.2) is 8.78 Å². The summed E-state index contributed by atoms with van der Waals surface area (Å²) in [5.41, 5.74) is -0.00320. The highest BCUT2D eigenvalue weighted by molar-refractivity contribution is 5.86. The van der Waals surface area contributed by atoms with E-state index < -0.39 is 17.2 Å². The van der Waals surface area contributed by atoms with Crippen LogP contribution in [0.2, 0.25) is 0 Å². The van der Waals surface area contributed by atoms with Crippen molar-refractivity contribution in [3.63, 3.8) is 0 Å². The van der Waals surface area contributed by atoms with Crippen molar-refractivity contribution >= 4 is 5.91 Å². The van der Waals surface area contributed by atoms with Gasteiger partial charge in [0.25, 0.3) is 0 Å². The molecule has 98 valence electrons. The van der Waals surface area contributed by atoms with Crippen molar-refractivity contribution in [1.82, 2.24) is 10.2 Å². The minimum Gasteiger partial charge on any atom is -0.336 e. The van der Waals surface area contributed by atoms with Crippen LogP contribution in [-0.4, -0.2) is 29.4 Å². The van der Waals surface area contributed by atoms with Crippen LogP contribution >= 0.6 is 0 Å². The topological polar surface area (TPSA) is 32.3 Å². The zero-order valence-corrected chi connectivity index (χ0v) is 10.5. The molecule has 0 saturated carbocycles. The third-order valence-corrected chi connectivity index (χ3v) is 3.13. The van der Waals surface area contributed by atoms with Gasteiger partial charge in [-0.3, -0.25) is 4.79 Å². The van der Waals surface area contributed by atoms with Gasteiger partial charge in [0, 0.05) is 19.6 Å². The first kappa shape index (κ1) is 13.0. The van der Waals surface area contributed by atoms with Crippen molar-refractivity contribution in [2.75, 3.05) is 13.1 Å². The van der Waals surface area contributed by atoms with E-state index in [1.165, 1.54) is 6.07 Å². The minimum atomic E-state index is -0.880. The van der Waals surface area contributed by atoms with E-state index in [4.69, 9.17) is 0 Å². The van der Waals surface area contributed by atoms with Gasteiger partial charge in [0.05, 0.1) is 5.54 Å². The summed E-state index contributed by atoms with van der Waals surface area (Å²) in [6, 6.07) is 3.72. The average Bonchev–Trinajstić information content (AvgIpc) is 2.30. The summed E-state index contributed by atoms with van der Waals surface area (Å²) in [6.45, 7) is 5.20. The first-order valence-electron chi connectivity index (χ1n) is 5.88. The molecule has 1 heterocycles. The number of benzene rings is 1. The van der Waals surface area contributed by atoms with Crippen molar-refractivity contribution < 1.29 is 13.6 Å². The average molecular weight is 254 g/mol. The maximum atomic E-state index is 13.1. The normalized spacial score (nSPS) is 19.1. The second-order valence-electron chi connectivity index (χ2n) is 5.03. The van der Waals surface area contributed by atoms with Crippen LogP contribution in [0.15, 0.2) is 18.2 Å². The third-order valence-electron chi connectivity index (χ3n) is 3.13. The highest BCUT2D eigenvalue weighted by Gasteiger charge is 2.34. The van der Waals surface area contributed by atoms with Crippen LogP contribution in [0.5, 0.6) is 0 Å². The van der Waals surface area contributed by atoms with Crippen molar-refractivity contribution in [2.45, 2.75) is 25.9 Å². The number of hydrogen-bond acceptors (Lipinski definition) is 2. The van der Waals surface area contributed by atoms with Gasteiger partial charge in [-0.15, -0.1) is 0 Å². The molecule has 0 radical (unpaired) electrons. The summed E-state index contributed by atoms with van der Waals surface area (Å²) in [7, 11) is 0. The molecule has 1 amide bonds. The number of nitrogens with zero attached hydrogens (tertiary/aromatic N) is 1. The second kappa shape index (κ2) is 4.65. The monoisotopic (exact) mass is 254 g/mol. The fourth-order valence-electron chi connectivity index (χ4n) is 2.09. The van der Waals surface area contributed by atoms with E-state index in [9.17, 15) is 13.6 Å². The Labute approximate surface area is 105 Å². The standard InChI is InChI=1S/C13H16F2N2O/c1-13(2)12(18)17(6-5-16-13)8-9-3-4-10(14)11(15)7-9/h3-4,7,16H,5-6,8H2,1-2H3. The van der Waals surface area contributed by atoms with Crippen LogP contribution < -0.4 is 5.32 Å². The molecule has 1 N–H and O–H groups in total. The zero-order valence-electron chi connectivity index (χ0n) is 10.5. The Balaban J connectivity index is 2.13. The van der Waals surface area contributed by atoms with Gasteiger partial charge in [-0.2, -0.15) is 0 Å². The largest absolute Gasteiger partial charge is 0.336 e. The molecule has 0 aromatic heterocycles. The fraction of sp³-hybridized carbons (Fsp3) is 0.462. The van der Waals surface area contributed by atoms with E-state index in [-0.39, 0.29) is 5.91 Å². The Kier molecular flexibility index (Phi) is 3.34. The fourth-order valence-corrected chi connectivity index (χ4v) is 2.09. The molecule has 1 aliphatic rings. The van der Waals surface area contributed by atoms with Crippen molar-refractivity contribution in [2.24, 2.45) is 0 Å². The van der Waals surface area contributed by atoms with E-state index >= 15 is 0 Å². The molecule has 1 aromatic carbocycles. The Bertz CT molecular complexity index is 474. The van der Waals surface area contributed by atoms with Crippen LogP contribution in [0.1, 0.15) is 19.4 Å². The van der Waals surface area contributed by atoms with Crippen molar-refractivity contribution in [3.05, 3.63) is 35.4 Å². The number of hydrogen-bond donors (Lipinski definition) is 1. The van der Waals surface area contributed by atoms with Crippen LogP contribution in [0, 0.1) is 11.6 Å². The maximum Gasteiger partial charge on any atom is 0.242 e. The molecule has 0 atom stereocenters. The number of rotatable bonds is 2. The van der Waals surface area contributed by atoms with E-state index in [0.29, 0.717) is 25.2 Å². The van der Waals surface area contributed by atoms with Crippen molar-refractivity contribution in [1.29, 1.82) is 0 Å². The molecule has 18 heavy (non-hydrogen) atoms. The smallest absolute Gasteiger partial charge is 0.242 e. The molecule has 0 aliphatic carbocycles. The summed E-state index contributed by atoms with van der Waals surface area (Å²) in [5, 5.41) is 3.12. The first-order chi connectivity index (χ1) is 8.40. The predicted molar refractivity (Wildman–Crippen MR) is 63.9 cm³/mol. The van der Waals surface area contributed by atoms with Gasteiger partial charge < -0.3 is 10.2 Å². The van der Waals surface area contributed by atoms with E-state index in [0.717, 1.165) is 12.1 Å². The molecule has 0 spiro atoms. The Hall–Kier alpha value is -1.49. The first-order valence-corrected chi connectivity index (χ1v) is 5.88. The number of piperazine rings is 1. The molecule has 1 aromatic rings. The molecule has 1 saturated heterocycles. The van der Waals surface area contributed by atoms with Gasteiger partial charge in [-0.1, -0.05) is 6.07 Å². The lowest BCUT2D eigenvalue weighted by atomic mass is 10.0. The predicted octanol–water partition coefficient (Wildman–Crippen LogP) is 1.68. The van der Waals surface area contributed by atoms with Gasteiger partial charge in [0.2, 0.25) is 5.91 Å². The highest BCUT2D eigenvalue weighted by Crippen LogP contribution is 2.16. The lowest BCUT2D eigenvalue weighted by Crippen LogP contribution is -2.60. The molecule has 3 nitrogen and oxygen atoms in total.